The molecule has 0 saturated heterocycles. The molecule has 0 aliphatic rings. The normalized spacial score (nSPS) is 12.2. The van der Waals surface area contributed by atoms with E-state index in [1.165, 1.54) is 5.56 Å². The number of para-hydroxylation sites is 1. The van der Waals surface area contributed by atoms with Crippen molar-refractivity contribution in [3.05, 3.63) is 106 Å². The number of carboxylic acids is 1. The molecular weight excluding hydrogens is 408 g/mol. The molecule has 5 heteroatoms. The highest BCUT2D eigenvalue weighted by molar-refractivity contribution is 6.30. The number of hydrogen-bond acceptors (Lipinski definition) is 2. The topological polar surface area (TPSA) is 54.3 Å². The van der Waals surface area contributed by atoms with Gasteiger partial charge in [0, 0.05) is 41.1 Å². The average Bonchev–Trinajstić information content (AvgIpc) is 3.08. The van der Waals surface area contributed by atoms with Gasteiger partial charge in [-0.1, -0.05) is 79.2 Å². The summed E-state index contributed by atoms with van der Waals surface area (Å²) in [5.74, 6) is -0.597. The first kappa shape index (κ1) is 21.2. The number of rotatable bonds is 8. The summed E-state index contributed by atoms with van der Waals surface area (Å²) < 4.78 is 1.88. The first-order chi connectivity index (χ1) is 15.0. The molecule has 0 bridgehead atoms. The SMILES string of the molecule is CC(CNCc1c(C(=O)O)n(Cc2cccc(Cl)c2)c2ccccc12)c1ccccc1. The fourth-order valence-electron chi connectivity index (χ4n) is 4.09. The van der Waals surface area contributed by atoms with E-state index in [0.717, 1.165) is 28.6 Å². The maximum Gasteiger partial charge on any atom is 0.352 e. The van der Waals surface area contributed by atoms with Crippen LogP contribution in [0.3, 0.4) is 0 Å². The number of nitrogens with zero attached hydrogens (tertiary/aromatic N) is 1. The molecule has 0 radical (unpaired) electrons. The van der Waals surface area contributed by atoms with Gasteiger partial charge in [0.25, 0.3) is 0 Å². The first-order valence-corrected chi connectivity index (χ1v) is 10.8. The molecule has 1 aromatic heterocycles. The molecule has 31 heavy (non-hydrogen) atoms. The van der Waals surface area contributed by atoms with Crippen molar-refractivity contribution in [2.45, 2.75) is 25.9 Å². The Labute approximate surface area is 187 Å². The molecule has 158 valence electrons. The van der Waals surface area contributed by atoms with Crippen molar-refractivity contribution in [1.29, 1.82) is 0 Å². The number of halogens is 1. The van der Waals surface area contributed by atoms with Gasteiger partial charge in [0.2, 0.25) is 0 Å². The van der Waals surface area contributed by atoms with Gasteiger partial charge in [-0.05, 0) is 35.2 Å². The highest BCUT2D eigenvalue weighted by Crippen LogP contribution is 2.28. The van der Waals surface area contributed by atoms with Gasteiger partial charge < -0.3 is 15.0 Å². The number of aromatic carboxylic acids is 1. The molecular formula is C26H25ClN2O2. The molecule has 4 nitrogen and oxygen atoms in total. The van der Waals surface area contributed by atoms with Crippen LogP contribution in [-0.4, -0.2) is 22.2 Å². The van der Waals surface area contributed by atoms with Crippen molar-refractivity contribution < 1.29 is 9.90 Å². The molecule has 2 N–H and O–H groups in total. The highest BCUT2D eigenvalue weighted by Gasteiger charge is 2.22. The summed E-state index contributed by atoms with van der Waals surface area (Å²) in [6, 6.07) is 25.7. The van der Waals surface area contributed by atoms with Crippen LogP contribution in [0.2, 0.25) is 5.02 Å². The molecule has 0 fully saturated rings. The maximum atomic E-state index is 12.3. The molecule has 0 aliphatic carbocycles. The Kier molecular flexibility index (Phi) is 6.40. The van der Waals surface area contributed by atoms with Gasteiger partial charge in [-0.3, -0.25) is 0 Å². The van der Waals surface area contributed by atoms with Gasteiger partial charge >= 0.3 is 5.97 Å². The predicted octanol–water partition coefficient (Wildman–Crippen LogP) is 5.93. The van der Waals surface area contributed by atoms with Gasteiger partial charge in [-0.25, -0.2) is 4.79 Å². The third kappa shape index (κ3) is 4.66. The predicted molar refractivity (Wildman–Crippen MR) is 126 cm³/mol. The highest BCUT2D eigenvalue weighted by atomic mass is 35.5. The van der Waals surface area contributed by atoms with Crippen LogP contribution in [-0.2, 0) is 13.1 Å². The summed E-state index contributed by atoms with van der Waals surface area (Å²) in [6.45, 7) is 3.87. The average molecular weight is 433 g/mol. The number of nitrogens with one attached hydrogen (secondary N) is 1. The van der Waals surface area contributed by atoms with E-state index in [0.29, 0.717) is 29.7 Å². The minimum atomic E-state index is -0.925. The van der Waals surface area contributed by atoms with Crippen LogP contribution >= 0.6 is 11.6 Å². The van der Waals surface area contributed by atoms with Gasteiger partial charge in [0.1, 0.15) is 5.69 Å². The number of carbonyl (C=O) groups is 1. The summed E-state index contributed by atoms with van der Waals surface area (Å²) in [6.07, 6.45) is 0. The lowest BCUT2D eigenvalue weighted by molar-refractivity contribution is 0.0685. The van der Waals surface area contributed by atoms with Gasteiger partial charge in [0.05, 0.1) is 0 Å². The van der Waals surface area contributed by atoms with Crippen LogP contribution in [0.25, 0.3) is 10.9 Å². The summed E-state index contributed by atoms with van der Waals surface area (Å²) in [5.41, 5.74) is 4.27. The zero-order valence-electron chi connectivity index (χ0n) is 17.4. The Morgan fingerprint density at radius 1 is 1.03 bits per heavy atom. The van der Waals surface area contributed by atoms with E-state index < -0.39 is 5.97 Å². The van der Waals surface area contributed by atoms with Gasteiger partial charge in [-0.15, -0.1) is 0 Å². The van der Waals surface area contributed by atoms with E-state index in [1.54, 1.807) is 0 Å². The summed E-state index contributed by atoms with van der Waals surface area (Å²) in [5, 5.41) is 15.2. The second kappa shape index (κ2) is 9.38. The van der Waals surface area contributed by atoms with Crippen LogP contribution in [0, 0.1) is 0 Å². The molecule has 4 aromatic rings. The van der Waals surface area contributed by atoms with Crippen molar-refractivity contribution in [3.8, 4) is 0 Å². The quantitative estimate of drug-likeness (QED) is 0.362. The Morgan fingerprint density at radius 2 is 1.77 bits per heavy atom. The Balaban J connectivity index is 1.65. The van der Waals surface area contributed by atoms with Crippen molar-refractivity contribution in [3.63, 3.8) is 0 Å². The second-order valence-corrected chi connectivity index (χ2v) is 8.24. The molecule has 1 atom stereocenters. The zero-order valence-corrected chi connectivity index (χ0v) is 18.1. The van der Waals surface area contributed by atoms with Crippen LogP contribution in [0.1, 0.15) is 40.0 Å². The largest absolute Gasteiger partial charge is 0.477 e. The lowest BCUT2D eigenvalue weighted by Gasteiger charge is -2.14. The lowest BCUT2D eigenvalue weighted by Crippen LogP contribution is -2.21. The van der Waals surface area contributed by atoms with E-state index in [9.17, 15) is 9.90 Å². The molecule has 1 heterocycles. The maximum absolute atomic E-state index is 12.3. The molecule has 0 saturated carbocycles. The van der Waals surface area contributed by atoms with Crippen molar-refractivity contribution >= 4 is 28.5 Å². The number of hydrogen-bond donors (Lipinski definition) is 2. The van der Waals surface area contributed by atoms with E-state index >= 15 is 0 Å². The molecule has 3 aromatic carbocycles. The van der Waals surface area contributed by atoms with E-state index in [1.807, 2.05) is 71.3 Å². The summed E-state index contributed by atoms with van der Waals surface area (Å²) >= 11 is 6.15. The smallest absolute Gasteiger partial charge is 0.352 e. The lowest BCUT2D eigenvalue weighted by atomic mass is 10.0. The van der Waals surface area contributed by atoms with Crippen molar-refractivity contribution in [2.75, 3.05) is 6.54 Å². The second-order valence-electron chi connectivity index (χ2n) is 7.81. The minimum absolute atomic E-state index is 0.320. The van der Waals surface area contributed by atoms with E-state index in [2.05, 4.69) is 24.4 Å². The van der Waals surface area contributed by atoms with E-state index in [4.69, 9.17) is 11.6 Å². The number of carboxylic acid groups (broad SMARTS) is 1. The minimum Gasteiger partial charge on any atom is -0.477 e. The van der Waals surface area contributed by atoms with Crippen LogP contribution in [0.15, 0.2) is 78.9 Å². The van der Waals surface area contributed by atoms with Crippen LogP contribution < -0.4 is 5.32 Å². The monoisotopic (exact) mass is 432 g/mol. The molecule has 0 aliphatic heterocycles. The molecule has 4 rings (SSSR count). The number of aromatic nitrogens is 1. The Bertz CT molecular complexity index is 1200. The van der Waals surface area contributed by atoms with Crippen molar-refractivity contribution in [2.24, 2.45) is 0 Å². The molecule has 0 spiro atoms. The van der Waals surface area contributed by atoms with Crippen molar-refractivity contribution in [1.82, 2.24) is 9.88 Å². The summed E-state index contributed by atoms with van der Waals surface area (Å²) in [7, 11) is 0. The number of fused-ring (bicyclic) bond motifs is 1. The van der Waals surface area contributed by atoms with Crippen LogP contribution in [0.5, 0.6) is 0 Å². The first-order valence-electron chi connectivity index (χ1n) is 10.4. The fourth-order valence-corrected chi connectivity index (χ4v) is 4.31. The summed E-state index contributed by atoms with van der Waals surface area (Å²) in [4.78, 5) is 12.3. The fraction of sp³-hybridized carbons (Fsp3) is 0.192. The van der Waals surface area contributed by atoms with Gasteiger partial charge in [0.15, 0.2) is 0 Å². The third-order valence-electron chi connectivity index (χ3n) is 5.63. The Hall–Kier alpha value is -3.08. The standard InChI is InChI=1S/C26H25ClN2O2/c1-18(20-9-3-2-4-10-20)15-28-16-23-22-12-5-6-13-24(22)29(25(23)26(30)31)17-19-8-7-11-21(27)14-19/h2-14,18,28H,15-17H2,1H3,(H,30,31). The molecule has 1 unspecified atom stereocenters. The molecule has 0 amide bonds. The van der Waals surface area contributed by atoms with Gasteiger partial charge in [-0.2, -0.15) is 0 Å². The van der Waals surface area contributed by atoms with Crippen LogP contribution in [0.4, 0.5) is 0 Å². The zero-order chi connectivity index (χ0) is 21.8. The third-order valence-corrected chi connectivity index (χ3v) is 5.86. The van der Waals surface area contributed by atoms with E-state index in [-0.39, 0.29) is 0 Å². The Morgan fingerprint density at radius 3 is 2.52 bits per heavy atom. The number of benzene rings is 3.